The van der Waals surface area contributed by atoms with Crippen molar-refractivity contribution in [2.24, 2.45) is 5.73 Å². The maximum Gasteiger partial charge on any atom is 0.237 e. The summed E-state index contributed by atoms with van der Waals surface area (Å²) in [6.45, 7) is 3.35. The molecule has 0 aromatic carbocycles. The van der Waals surface area contributed by atoms with Crippen LogP contribution in [0.1, 0.15) is 33.1 Å². The Bertz CT molecular complexity index is 376. The minimum Gasteiger partial charge on any atom is -0.368 e. The zero-order valence-electron chi connectivity index (χ0n) is 9.99. The summed E-state index contributed by atoms with van der Waals surface area (Å²) in [5, 5.41) is 2.66. The summed E-state index contributed by atoms with van der Waals surface area (Å²) in [6, 6.07) is -0.169. The highest BCUT2D eigenvalue weighted by molar-refractivity contribution is 7.91. The molecule has 0 spiro atoms. The van der Waals surface area contributed by atoms with E-state index in [2.05, 4.69) is 5.32 Å². The number of hydrogen-bond donors (Lipinski definition) is 2. The van der Waals surface area contributed by atoms with Crippen LogP contribution < -0.4 is 11.1 Å². The number of carbonyl (C=O) groups is 1. The fourth-order valence-electron chi connectivity index (χ4n) is 2.14. The quantitative estimate of drug-likeness (QED) is 0.721. The second-order valence-corrected chi connectivity index (χ2v) is 7.30. The van der Waals surface area contributed by atoms with Crippen LogP contribution >= 0.6 is 0 Å². The lowest BCUT2D eigenvalue weighted by Gasteiger charge is -2.29. The molecule has 1 amide bonds. The molecular formula is C10H20N2O3S. The lowest BCUT2D eigenvalue weighted by molar-refractivity contribution is -0.123. The molecule has 0 aromatic rings. The van der Waals surface area contributed by atoms with Gasteiger partial charge in [0, 0.05) is 12.3 Å². The van der Waals surface area contributed by atoms with Crippen LogP contribution in [0.3, 0.4) is 0 Å². The third-order valence-corrected chi connectivity index (χ3v) is 4.83. The van der Waals surface area contributed by atoms with E-state index >= 15 is 0 Å². The first-order valence-electron chi connectivity index (χ1n) is 5.41. The van der Waals surface area contributed by atoms with Crippen LogP contribution in [0.4, 0.5) is 0 Å². The van der Waals surface area contributed by atoms with Crippen LogP contribution in [0.25, 0.3) is 0 Å². The van der Waals surface area contributed by atoms with Gasteiger partial charge in [0.2, 0.25) is 5.91 Å². The highest BCUT2D eigenvalue weighted by Gasteiger charge is 2.39. The summed E-state index contributed by atoms with van der Waals surface area (Å²) >= 11 is 0. The molecule has 3 N–H and O–H groups in total. The van der Waals surface area contributed by atoms with E-state index in [4.69, 9.17) is 5.73 Å². The Balaban J connectivity index is 2.79. The van der Waals surface area contributed by atoms with E-state index in [-0.39, 0.29) is 6.04 Å². The van der Waals surface area contributed by atoms with Crippen molar-refractivity contribution < 1.29 is 13.2 Å². The normalized spacial score (nSPS) is 26.9. The molecule has 0 heterocycles. The predicted molar refractivity (Wildman–Crippen MR) is 62.7 cm³/mol. The highest BCUT2D eigenvalue weighted by Crippen LogP contribution is 2.26. The molecule has 94 valence electrons. The summed E-state index contributed by atoms with van der Waals surface area (Å²) in [7, 11) is -3.06. The average molecular weight is 248 g/mol. The first-order chi connectivity index (χ1) is 7.14. The van der Waals surface area contributed by atoms with E-state index in [9.17, 15) is 13.2 Å². The molecule has 0 radical (unpaired) electrons. The fourth-order valence-corrected chi connectivity index (χ4v) is 3.53. The van der Waals surface area contributed by atoms with Gasteiger partial charge in [-0.1, -0.05) is 6.42 Å². The number of amides is 1. The molecule has 1 aliphatic rings. The van der Waals surface area contributed by atoms with E-state index in [0.717, 1.165) is 12.8 Å². The monoisotopic (exact) mass is 248 g/mol. The van der Waals surface area contributed by atoms with Gasteiger partial charge in [0.05, 0.1) is 10.8 Å². The first kappa shape index (κ1) is 13.4. The number of nitrogens with two attached hydrogens (primary N) is 1. The maximum atomic E-state index is 11.5. The molecular weight excluding hydrogens is 228 g/mol. The largest absolute Gasteiger partial charge is 0.368 e. The molecule has 16 heavy (non-hydrogen) atoms. The molecule has 1 saturated carbocycles. The zero-order valence-corrected chi connectivity index (χ0v) is 10.8. The predicted octanol–water partition coefficient (Wildman–Crippen LogP) is -0.194. The Morgan fingerprint density at radius 2 is 1.94 bits per heavy atom. The Hall–Kier alpha value is -0.620. The van der Waals surface area contributed by atoms with Crippen LogP contribution in [-0.2, 0) is 14.6 Å². The summed E-state index contributed by atoms with van der Waals surface area (Å²) in [6.07, 6.45) is 3.54. The molecule has 6 heteroatoms. The number of nitrogens with one attached hydrogen (secondary N) is 1. The molecule has 2 atom stereocenters. The van der Waals surface area contributed by atoms with Crippen molar-refractivity contribution in [2.45, 2.75) is 49.9 Å². The zero-order chi connectivity index (χ0) is 12.6. The molecule has 1 fully saturated rings. The number of primary amides is 1. The molecule has 0 saturated heterocycles. The molecule has 0 aromatic heterocycles. The highest BCUT2D eigenvalue weighted by atomic mass is 32.2. The van der Waals surface area contributed by atoms with Crippen molar-refractivity contribution >= 4 is 15.7 Å². The van der Waals surface area contributed by atoms with Gasteiger partial charge >= 0.3 is 0 Å². The van der Waals surface area contributed by atoms with Crippen molar-refractivity contribution in [3.8, 4) is 0 Å². The Labute approximate surface area is 96.7 Å². The lowest BCUT2D eigenvalue weighted by Crippen LogP contribution is -2.57. The van der Waals surface area contributed by atoms with Crippen molar-refractivity contribution in [3.05, 3.63) is 0 Å². The standard InChI is InChI=1S/C10H20N2O3S/c1-10(2,9(11)13)12-7-5-4-6-8(7)16(3,14)15/h7-8,12H,4-6H2,1-3H3,(H2,11,13). The van der Waals surface area contributed by atoms with Crippen molar-refractivity contribution in [3.63, 3.8) is 0 Å². The first-order valence-corrected chi connectivity index (χ1v) is 7.36. The second kappa shape index (κ2) is 4.33. The molecule has 0 aliphatic heterocycles. The van der Waals surface area contributed by atoms with Crippen molar-refractivity contribution in [2.75, 3.05) is 6.26 Å². The number of carbonyl (C=O) groups excluding carboxylic acids is 1. The van der Waals surface area contributed by atoms with Crippen molar-refractivity contribution in [1.82, 2.24) is 5.32 Å². The number of sulfone groups is 1. The smallest absolute Gasteiger partial charge is 0.237 e. The molecule has 1 aliphatic carbocycles. The van der Waals surface area contributed by atoms with Crippen LogP contribution in [-0.4, -0.2) is 37.4 Å². The van der Waals surface area contributed by atoms with Gasteiger partial charge in [-0.3, -0.25) is 10.1 Å². The third-order valence-electron chi connectivity index (χ3n) is 3.16. The van der Waals surface area contributed by atoms with Gasteiger partial charge in [-0.25, -0.2) is 8.42 Å². The molecule has 2 unspecified atom stereocenters. The summed E-state index contributed by atoms with van der Waals surface area (Å²) < 4.78 is 23.1. The Morgan fingerprint density at radius 1 is 1.38 bits per heavy atom. The van der Waals surface area contributed by atoms with Gasteiger partial charge in [-0.05, 0) is 26.7 Å². The minimum atomic E-state index is -3.06. The Morgan fingerprint density at radius 3 is 2.38 bits per heavy atom. The van der Waals surface area contributed by atoms with Crippen LogP contribution in [0, 0.1) is 0 Å². The van der Waals surface area contributed by atoms with Crippen molar-refractivity contribution in [1.29, 1.82) is 0 Å². The summed E-state index contributed by atoms with van der Waals surface area (Å²) in [4.78, 5) is 11.2. The molecule has 0 bridgehead atoms. The van der Waals surface area contributed by atoms with E-state index < -0.39 is 26.5 Å². The topological polar surface area (TPSA) is 89.3 Å². The third kappa shape index (κ3) is 2.95. The minimum absolute atomic E-state index is 0.169. The second-order valence-electron chi connectivity index (χ2n) is 5.04. The van der Waals surface area contributed by atoms with E-state index in [1.807, 2.05) is 0 Å². The molecule has 1 rings (SSSR count). The van der Waals surface area contributed by atoms with Crippen LogP contribution in [0.5, 0.6) is 0 Å². The number of rotatable bonds is 4. The van der Waals surface area contributed by atoms with E-state index in [1.165, 1.54) is 6.26 Å². The summed E-state index contributed by atoms with van der Waals surface area (Å²) in [5.74, 6) is -0.466. The van der Waals surface area contributed by atoms with Gasteiger partial charge < -0.3 is 5.73 Å². The Kier molecular flexibility index (Phi) is 3.64. The van der Waals surface area contributed by atoms with Gasteiger partial charge in [0.1, 0.15) is 0 Å². The van der Waals surface area contributed by atoms with Gasteiger partial charge in [-0.15, -0.1) is 0 Å². The van der Waals surface area contributed by atoms with E-state index in [1.54, 1.807) is 13.8 Å². The van der Waals surface area contributed by atoms with Crippen LogP contribution in [0.2, 0.25) is 0 Å². The average Bonchev–Trinajstić information content (AvgIpc) is 2.49. The van der Waals surface area contributed by atoms with Gasteiger partial charge in [-0.2, -0.15) is 0 Å². The SMILES string of the molecule is CC(C)(NC1CCCC1S(C)(=O)=O)C(N)=O. The summed E-state index contributed by atoms with van der Waals surface area (Å²) in [5.41, 5.74) is 4.39. The van der Waals surface area contributed by atoms with Crippen LogP contribution in [0.15, 0.2) is 0 Å². The lowest BCUT2D eigenvalue weighted by atomic mass is 10.0. The maximum absolute atomic E-state index is 11.5. The van der Waals surface area contributed by atoms with Gasteiger partial charge in [0.15, 0.2) is 9.84 Å². The van der Waals surface area contributed by atoms with E-state index in [0.29, 0.717) is 6.42 Å². The number of hydrogen-bond acceptors (Lipinski definition) is 4. The molecule has 5 nitrogen and oxygen atoms in total. The van der Waals surface area contributed by atoms with Gasteiger partial charge in [0.25, 0.3) is 0 Å². The fraction of sp³-hybridized carbons (Fsp3) is 0.900.